The maximum absolute atomic E-state index is 15.2. The number of sulfonamides is 1. The first-order valence-corrected chi connectivity index (χ1v) is 24.2. The van der Waals surface area contributed by atoms with Gasteiger partial charge in [0.2, 0.25) is 34.1 Å². The zero-order valence-electron chi connectivity index (χ0n) is 36.8. The van der Waals surface area contributed by atoms with Gasteiger partial charge in [-0.2, -0.15) is 0 Å². The molecule has 10 atom stereocenters. The Morgan fingerprint density at radius 1 is 1.03 bits per heavy atom. The minimum atomic E-state index is -4.20. The second kappa shape index (κ2) is 16.6. The summed E-state index contributed by atoms with van der Waals surface area (Å²) in [4.78, 5) is 69.4. The van der Waals surface area contributed by atoms with Crippen LogP contribution in [-0.2, 0) is 40.4 Å². The van der Waals surface area contributed by atoms with Crippen LogP contribution in [0.25, 0.3) is 11.0 Å². The van der Waals surface area contributed by atoms with Gasteiger partial charge in [-0.3, -0.25) is 23.9 Å². The average Bonchev–Trinajstić information content (AvgIpc) is 3.99. The van der Waals surface area contributed by atoms with E-state index in [1.807, 2.05) is 39.8 Å². The molecule has 8 rings (SSSR count). The largest absolute Gasteiger partial charge is 0.497 e. The van der Waals surface area contributed by atoms with Crippen LogP contribution in [0.15, 0.2) is 18.2 Å². The molecule has 6 aliphatic rings. The van der Waals surface area contributed by atoms with Crippen LogP contribution in [0, 0.1) is 46.3 Å². The average molecular weight is 885 g/mol. The summed E-state index contributed by atoms with van der Waals surface area (Å²) in [7, 11) is -2.65. The molecule has 2 amide bonds. The van der Waals surface area contributed by atoms with Crippen molar-refractivity contribution < 1.29 is 50.6 Å². The lowest BCUT2D eigenvalue weighted by molar-refractivity contribution is -0.161. The second-order valence-corrected chi connectivity index (χ2v) is 22.7. The molecule has 4 aliphatic carbocycles. The summed E-state index contributed by atoms with van der Waals surface area (Å²) in [6.07, 6.45) is 2.91. The van der Waals surface area contributed by atoms with Gasteiger partial charge in [0.1, 0.15) is 23.7 Å². The summed E-state index contributed by atoms with van der Waals surface area (Å²) in [5, 5.41) is 0. The van der Waals surface area contributed by atoms with Gasteiger partial charge in [0, 0.05) is 24.3 Å². The van der Waals surface area contributed by atoms with E-state index in [9.17, 15) is 31.6 Å². The van der Waals surface area contributed by atoms with Crippen molar-refractivity contribution in [2.75, 3.05) is 13.7 Å². The number of methoxy groups -OCH3 is 1. The summed E-state index contributed by atoms with van der Waals surface area (Å²) in [6.45, 7) is 8.81. The number of Topliss-reactive ketones (excluding diaryl/α,β-unsaturated/α-hetero) is 1. The molecule has 1 aromatic heterocycles. The molecule has 16 heteroatoms. The van der Waals surface area contributed by atoms with Crippen molar-refractivity contribution in [2.45, 2.75) is 154 Å². The first-order valence-electron chi connectivity index (χ1n) is 22.7. The fourth-order valence-electron chi connectivity index (χ4n) is 11.2. The van der Waals surface area contributed by atoms with E-state index in [0.29, 0.717) is 54.1 Å². The Morgan fingerprint density at radius 2 is 1.77 bits per heavy atom. The number of aryl methyl sites for hydroxylation is 1. The molecule has 340 valence electrons. The Bertz CT molecular complexity index is 2210. The molecule has 62 heavy (non-hydrogen) atoms. The highest BCUT2D eigenvalue weighted by molar-refractivity contribution is 7.91. The molecule has 4 bridgehead atoms. The molecule has 0 unspecified atom stereocenters. The van der Waals surface area contributed by atoms with Gasteiger partial charge in [0.15, 0.2) is 5.78 Å². The molecule has 5 fully saturated rings. The Balaban J connectivity index is 1.17. The number of fused-ring (bicyclic) bond motifs is 9. The van der Waals surface area contributed by atoms with Crippen molar-refractivity contribution in [1.29, 1.82) is 0 Å². The van der Waals surface area contributed by atoms with Crippen LogP contribution in [0.3, 0.4) is 0 Å². The molecule has 0 radical (unpaired) electrons. The number of hydrogen-bond acceptors (Lipinski definition) is 11. The zero-order valence-corrected chi connectivity index (χ0v) is 37.6. The number of carbonyl (C=O) groups is 4. The van der Waals surface area contributed by atoms with Crippen molar-refractivity contribution in [2.24, 2.45) is 46.3 Å². The lowest BCUT2D eigenvalue weighted by atomic mass is 9.77. The number of aromatic nitrogens is 2. The number of carbonyl (C=O) groups excluding carboxylic acids is 4. The SMILES string of the molecule is CC[C@@H]1[C@@H]2CN(C(=O)[C@H](C(C)(C)C)CC(=O)O[C@@H]3[C@H]4CC[C@H](C4)[C@H]3CCCCCc3nc4ccc(OC)cc4nc3O2)[C@@H]1C(=O)C[C@]1(C(=O)NS(=O)(=O)C2(C)CC2)C[C@H]1C(F)F. The van der Waals surface area contributed by atoms with Crippen molar-refractivity contribution in [3.8, 4) is 11.6 Å². The van der Waals surface area contributed by atoms with E-state index >= 15 is 4.79 Å². The Morgan fingerprint density at radius 3 is 2.44 bits per heavy atom. The quantitative estimate of drug-likeness (QED) is 0.258. The molecule has 1 N–H and O–H groups in total. The fourth-order valence-corrected chi connectivity index (χ4v) is 12.6. The molecule has 13 nitrogen and oxygen atoms in total. The van der Waals surface area contributed by atoms with Crippen molar-refractivity contribution in [3.63, 3.8) is 0 Å². The van der Waals surface area contributed by atoms with Gasteiger partial charge in [-0.15, -0.1) is 0 Å². The number of nitrogens with zero attached hydrogens (tertiary/aromatic N) is 3. The Labute approximate surface area is 363 Å². The maximum atomic E-state index is 15.2. The molecular weight excluding hydrogens is 823 g/mol. The summed E-state index contributed by atoms with van der Waals surface area (Å²) in [6, 6.07) is 4.16. The van der Waals surface area contributed by atoms with Crippen LogP contribution >= 0.6 is 0 Å². The third-order valence-electron chi connectivity index (χ3n) is 15.5. The molecule has 4 saturated carbocycles. The van der Waals surface area contributed by atoms with Crippen molar-refractivity contribution >= 4 is 44.6 Å². The van der Waals surface area contributed by atoms with E-state index in [2.05, 4.69) is 4.72 Å². The van der Waals surface area contributed by atoms with Gasteiger partial charge in [-0.1, -0.05) is 40.5 Å². The summed E-state index contributed by atoms with van der Waals surface area (Å²) in [5.41, 5.74) is -0.953. The van der Waals surface area contributed by atoms with Gasteiger partial charge in [0.25, 0.3) is 0 Å². The number of rotatable bonds is 9. The number of esters is 1. The first-order chi connectivity index (χ1) is 29.3. The van der Waals surface area contributed by atoms with Gasteiger partial charge >= 0.3 is 5.97 Å². The highest BCUT2D eigenvalue weighted by Gasteiger charge is 2.67. The summed E-state index contributed by atoms with van der Waals surface area (Å²) < 4.78 is 74.9. The molecule has 1 saturated heterocycles. The molecule has 0 spiro atoms. The Kier molecular flexibility index (Phi) is 11.9. The summed E-state index contributed by atoms with van der Waals surface area (Å²) in [5.74, 6) is -4.04. The van der Waals surface area contributed by atoms with Gasteiger partial charge < -0.3 is 19.1 Å². The van der Waals surface area contributed by atoms with Gasteiger partial charge in [-0.25, -0.2) is 27.2 Å². The van der Waals surface area contributed by atoms with E-state index in [-0.39, 0.29) is 43.2 Å². The lowest BCUT2D eigenvalue weighted by Crippen LogP contribution is -2.50. The van der Waals surface area contributed by atoms with E-state index in [1.54, 1.807) is 13.2 Å². The number of benzene rings is 1. The molecule has 1 aromatic carbocycles. The van der Waals surface area contributed by atoms with Crippen LogP contribution in [0.2, 0.25) is 0 Å². The normalized spacial score (nSPS) is 33.5. The Hall–Kier alpha value is -3.95. The number of amides is 2. The first kappa shape index (κ1) is 44.6. The number of ether oxygens (including phenoxy) is 3. The van der Waals surface area contributed by atoms with E-state index in [0.717, 1.165) is 44.9 Å². The van der Waals surface area contributed by atoms with E-state index in [4.69, 9.17) is 24.2 Å². The standard InChI is InChI=1S/C46H62F2N4O9S/c1-7-28-36-24-52(38(28)35(53)23-46(22-31(46)40(47)48)43(56)51-62(57,58)45(5)17-18-45)42(55)30(44(2,3)4)21-37(54)61-39-26-14-13-25(19-26)29(39)11-9-8-10-12-33-41(60-36)50-34-20-27(59-6)15-16-32(34)49-33/h15-16,20,25-26,28-31,36,38-40H,7-14,17-19,21-24H2,1-6H3,(H,51,56)/t25-,26+,28-,29-,30-,31+,36+,38+,39-,46-/m1/s1. The van der Waals surface area contributed by atoms with Crippen LogP contribution in [0.1, 0.15) is 124 Å². The molecule has 3 heterocycles. The van der Waals surface area contributed by atoms with Gasteiger partial charge in [0.05, 0.1) is 53.2 Å². The van der Waals surface area contributed by atoms with Crippen molar-refractivity contribution in [1.82, 2.24) is 19.6 Å². The lowest BCUT2D eigenvalue weighted by Gasteiger charge is -2.36. The number of nitrogens with one attached hydrogen (secondary N) is 1. The van der Waals surface area contributed by atoms with Crippen LogP contribution in [-0.4, -0.2) is 89.9 Å². The second-order valence-electron chi connectivity index (χ2n) is 20.5. The monoisotopic (exact) mass is 884 g/mol. The van der Waals surface area contributed by atoms with Crippen LogP contribution in [0.4, 0.5) is 8.78 Å². The zero-order chi connectivity index (χ0) is 44.5. The summed E-state index contributed by atoms with van der Waals surface area (Å²) >= 11 is 0. The van der Waals surface area contributed by atoms with Crippen molar-refractivity contribution in [3.05, 3.63) is 23.9 Å². The number of hydrogen-bond donors (Lipinski definition) is 1. The fraction of sp³-hybridized carbons (Fsp3) is 0.739. The predicted molar refractivity (Wildman–Crippen MR) is 225 cm³/mol. The maximum Gasteiger partial charge on any atom is 0.306 e. The number of ketones is 1. The molecular formula is C46H62F2N4O9S. The topological polar surface area (TPSA) is 171 Å². The van der Waals surface area contributed by atoms with Crippen LogP contribution in [0.5, 0.6) is 11.6 Å². The third kappa shape index (κ3) is 8.30. The third-order valence-corrected chi connectivity index (χ3v) is 17.7. The minimum absolute atomic E-state index is 0.0920. The number of alkyl halides is 2. The predicted octanol–water partition coefficient (Wildman–Crippen LogP) is 6.98. The number of halogens is 2. The van der Waals surface area contributed by atoms with Crippen LogP contribution < -0.4 is 14.2 Å². The highest BCUT2D eigenvalue weighted by Crippen LogP contribution is 2.60. The molecule has 2 aliphatic heterocycles. The highest BCUT2D eigenvalue weighted by atomic mass is 32.2. The smallest absolute Gasteiger partial charge is 0.306 e. The van der Waals surface area contributed by atoms with E-state index < -0.39 is 91.9 Å². The molecule has 2 aromatic rings. The van der Waals surface area contributed by atoms with E-state index in [1.165, 1.54) is 11.8 Å². The van der Waals surface area contributed by atoms with Gasteiger partial charge in [-0.05, 0) is 106 Å². The minimum Gasteiger partial charge on any atom is -0.497 e.